The quantitative estimate of drug-likeness (QED) is 0.777. The Morgan fingerprint density at radius 3 is 2.95 bits per heavy atom. The first kappa shape index (κ1) is 12.3. The third kappa shape index (κ3) is 2.35. The normalized spacial score (nSPS) is 10.7. The molecule has 0 spiro atoms. The second-order valence-electron chi connectivity index (χ2n) is 4.40. The lowest BCUT2D eigenvalue weighted by molar-refractivity contribution is 0.0950. The van der Waals surface area contributed by atoms with Crippen LogP contribution in [0.4, 0.5) is 0 Å². The number of pyridine rings is 2. The monoisotopic (exact) mass is 267 g/mol. The Bertz CT molecular complexity index is 751. The molecule has 0 aliphatic heterocycles. The number of aromatic nitrogens is 4. The van der Waals surface area contributed by atoms with E-state index in [2.05, 4.69) is 20.5 Å². The highest BCUT2D eigenvalue weighted by molar-refractivity contribution is 5.94. The van der Waals surface area contributed by atoms with Crippen molar-refractivity contribution in [2.75, 3.05) is 0 Å². The van der Waals surface area contributed by atoms with Crippen LogP contribution in [0.3, 0.4) is 0 Å². The van der Waals surface area contributed by atoms with Crippen LogP contribution in [0.5, 0.6) is 0 Å². The molecule has 3 aromatic heterocycles. The van der Waals surface area contributed by atoms with Crippen molar-refractivity contribution in [3.63, 3.8) is 0 Å². The van der Waals surface area contributed by atoms with Crippen molar-refractivity contribution in [2.24, 2.45) is 0 Å². The molecule has 0 fully saturated rings. The molecule has 6 heteroatoms. The molecule has 0 unspecified atom stereocenters. The molecule has 6 nitrogen and oxygen atoms in total. The highest BCUT2D eigenvalue weighted by atomic mass is 16.1. The van der Waals surface area contributed by atoms with Crippen LogP contribution in [0.15, 0.2) is 42.7 Å². The summed E-state index contributed by atoms with van der Waals surface area (Å²) in [5, 5.41) is 10.8. The van der Waals surface area contributed by atoms with E-state index in [1.807, 2.05) is 25.1 Å². The Labute approximate surface area is 115 Å². The number of hydrogen-bond donors (Lipinski definition) is 1. The minimum Gasteiger partial charge on any atom is -0.346 e. The molecule has 0 saturated carbocycles. The topological polar surface area (TPSA) is 72.2 Å². The summed E-state index contributed by atoms with van der Waals surface area (Å²) in [6.45, 7) is 2.24. The summed E-state index contributed by atoms with van der Waals surface area (Å²) in [5.74, 6) is 0.602. The van der Waals surface area contributed by atoms with E-state index >= 15 is 0 Å². The van der Waals surface area contributed by atoms with Crippen LogP contribution >= 0.6 is 0 Å². The molecule has 100 valence electrons. The average Bonchev–Trinajstić information content (AvgIpc) is 2.87. The first-order chi connectivity index (χ1) is 9.74. The molecular weight excluding hydrogens is 254 g/mol. The minimum atomic E-state index is -0.148. The molecule has 20 heavy (non-hydrogen) atoms. The molecule has 3 rings (SSSR count). The number of fused-ring (bicyclic) bond motifs is 1. The van der Waals surface area contributed by atoms with Crippen LogP contribution in [0, 0.1) is 6.92 Å². The van der Waals surface area contributed by atoms with E-state index in [9.17, 15) is 4.79 Å². The second kappa shape index (κ2) is 5.08. The van der Waals surface area contributed by atoms with Gasteiger partial charge in [0, 0.05) is 12.4 Å². The zero-order chi connectivity index (χ0) is 13.9. The maximum Gasteiger partial charge on any atom is 0.253 e. The lowest BCUT2D eigenvalue weighted by Gasteiger charge is -2.05. The average molecular weight is 267 g/mol. The highest BCUT2D eigenvalue weighted by Gasteiger charge is 2.08. The van der Waals surface area contributed by atoms with Crippen molar-refractivity contribution >= 4 is 11.6 Å². The van der Waals surface area contributed by atoms with Gasteiger partial charge in [-0.05, 0) is 31.2 Å². The van der Waals surface area contributed by atoms with Gasteiger partial charge in [0.2, 0.25) is 0 Å². The zero-order valence-corrected chi connectivity index (χ0v) is 10.9. The lowest BCUT2D eigenvalue weighted by Crippen LogP contribution is -2.23. The van der Waals surface area contributed by atoms with Gasteiger partial charge in [0.05, 0.1) is 17.8 Å². The maximum atomic E-state index is 12.1. The van der Waals surface area contributed by atoms with Gasteiger partial charge in [-0.1, -0.05) is 6.07 Å². The summed E-state index contributed by atoms with van der Waals surface area (Å²) in [6.07, 6.45) is 3.44. The van der Waals surface area contributed by atoms with Crippen molar-refractivity contribution in [1.82, 2.24) is 24.9 Å². The van der Waals surface area contributed by atoms with Crippen molar-refractivity contribution in [3.8, 4) is 0 Å². The SMILES string of the molecule is Cc1nnc2ccc(C(=O)NCc3ccccn3)cn12. The van der Waals surface area contributed by atoms with Gasteiger partial charge in [0.1, 0.15) is 5.82 Å². The van der Waals surface area contributed by atoms with Crippen LogP contribution in [0.25, 0.3) is 5.65 Å². The first-order valence-corrected chi connectivity index (χ1v) is 6.23. The predicted molar refractivity (Wildman–Crippen MR) is 73.1 cm³/mol. The van der Waals surface area contributed by atoms with Crippen molar-refractivity contribution in [3.05, 3.63) is 59.8 Å². The molecule has 0 saturated heterocycles. The molecule has 3 heterocycles. The summed E-state index contributed by atoms with van der Waals surface area (Å²) >= 11 is 0. The molecule has 0 radical (unpaired) electrons. The number of carbonyl (C=O) groups is 1. The number of nitrogens with zero attached hydrogens (tertiary/aromatic N) is 4. The summed E-state index contributed by atoms with van der Waals surface area (Å²) in [7, 11) is 0. The van der Waals surface area contributed by atoms with Crippen molar-refractivity contribution < 1.29 is 4.79 Å². The lowest BCUT2D eigenvalue weighted by atomic mass is 10.2. The van der Waals surface area contributed by atoms with Gasteiger partial charge < -0.3 is 5.32 Å². The number of nitrogens with one attached hydrogen (secondary N) is 1. The minimum absolute atomic E-state index is 0.148. The fourth-order valence-electron chi connectivity index (χ4n) is 1.92. The van der Waals surface area contributed by atoms with Crippen LogP contribution in [0.2, 0.25) is 0 Å². The van der Waals surface area contributed by atoms with Crippen LogP contribution in [-0.4, -0.2) is 25.5 Å². The molecule has 0 bridgehead atoms. The largest absolute Gasteiger partial charge is 0.346 e. The third-order valence-corrected chi connectivity index (χ3v) is 2.99. The maximum absolute atomic E-state index is 12.1. The summed E-state index contributed by atoms with van der Waals surface area (Å²) < 4.78 is 1.79. The molecule has 0 aliphatic rings. The summed E-state index contributed by atoms with van der Waals surface area (Å²) in [4.78, 5) is 16.3. The number of amides is 1. The molecule has 0 aliphatic carbocycles. The van der Waals surface area contributed by atoms with Crippen molar-refractivity contribution in [1.29, 1.82) is 0 Å². The van der Waals surface area contributed by atoms with Gasteiger partial charge in [0.15, 0.2) is 5.65 Å². The van der Waals surface area contributed by atoms with E-state index in [1.165, 1.54) is 0 Å². The van der Waals surface area contributed by atoms with Gasteiger partial charge in [-0.3, -0.25) is 14.2 Å². The number of hydrogen-bond acceptors (Lipinski definition) is 4. The van der Waals surface area contributed by atoms with E-state index in [1.54, 1.807) is 28.9 Å². The third-order valence-electron chi connectivity index (χ3n) is 2.99. The first-order valence-electron chi connectivity index (χ1n) is 6.23. The predicted octanol–water partition coefficient (Wildman–Crippen LogP) is 1.36. The molecule has 1 amide bonds. The van der Waals surface area contributed by atoms with E-state index in [4.69, 9.17) is 0 Å². The van der Waals surface area contributed by atoms with E-state index in [0.717, 1.165) is 17.2 Å². The number of carbonyl (C=O) groups excluding carboxylic acids is 1. The molecule has 0 atom stereocenters. The Morgan fingerprint density at radius 1 is 1.25 bits per heavy atom. The second-order valence-corrected chi connectivity index (χ2v) is 4.40. The molecule has 0 aromatic carbocycles. The summed E-state index contributed by atoms with van der Waals surface area (Å²) in [5.41, 5.74) is 2.11. The summed E-state index contributed by atoms with van der Waals surface area (Å²) in [6, 6.07) is 9.11. The zero-order valence-electron chi connectivity index (χ0n) is 10.9. The van der Waals surface area contributed by atoms with Crippen LogP contribution < -0.4 is 5.32 Å². The Balaban J connectivity index is 1.77. The van der Waals surface area contributed by atoms with Gasteiger partial charge in [-0.15, -0.1) is 10.2 Å². The Kier molecular flexibility index (Phi) is 3.12. The van der Waals surface area contributed by atoms with Crippen LogP contribution in [0.1, 0.15) is 21.9 Å². The van der Waals surface area contributed by atoms with Gasteiger partial charge >= 0.3 is 0 Å². The molecule has 3 aromatic rings. The Morgan fingerprint density at radius 2 is 2.15 bits per heavy atom. The van der Waals surface area contributed by atoms with Crippen LogP contribution in [-0.2, 0) is 6.54 Å². The fraction of sp³-hybridized carbons (Fsp3) is 0.143. The van der Waals surface area contributed by atoms with Gasteiger partial charge in [-0.25, -0.2) is 0 Å². The highest BCUT2D eigenvalue weighted by Crippen LogP contribution is 2.06. The van der Waals surface area contributed by atoms with Crippen molar-refractivity contribution in [2.45, 2.75) is 13.5 Å². The number of rotatable bonds is 3. The number of aryl methyl sites for hydroxylation is 1. The van der Waals surface area contributed by atoms with Gasteiger partial charge in [-0.2, -0.15) is 0 Å². The van der Waals surface area contributed by atoms with E-state index < -0.39 is 0 Å². The standard InChI is InChI=1S/C14H13N5O/c1-10-17-18-13-6-5-11(9-19(10)13)14(20)16-8-12-4-2-3-7-15-12/h2-7,9H,8H2,1H3,(H,16,20). The van der Waals surface area contributed by atoms with Gasteiger partial charge in [0.25, 0.3) is 5.91 Å². The Hall–Kier alpha value is -2.76. The molecule has 1 N–H and O–H groups in total. The fourth-order valence-corrected chi connectivity index (χ4v) is 1.92. The molecular formula is C14H13N5O. The van der Waals surface area contributed by atoms with E-state index in [-0.39, 0.29) is 5.91 Å². The smallest absolute Gasteiger partial charge is 0.253 e. The van der Waals surface area contributed by atoms with E-state index in [0.29, 0.717) is 12.1 Å².